The van der Waals surface area contributed by atoms with E-state index in [-0.39, 0.29) is 17.9 Å². The Morgan fingerprint density at radius 1 is 1.56 bits per heavy atom. The van der Waals surface area contributed by atoms with Crippen LogP contribution in [0.2, 0.25) is 0 Å². The van der Waals surface area contributed by atoms with Crippen molar-refractivity contribution in [3.63, 3.8) is 0 Å². The molecule has 1 rings (SSSR count). The van der Waals surface area contributed by atoms with Gasteiger partial charge in [-0.05, 0) is 25.8 Å². The van der Waals surface area contributed by atoms with Gasteiger partial charge in [0.2, 0.25) is 5.91 Å². The summed E-state index contributed by atoms with van der Waals surface area (Å²) in [6.07, 6.45) is 3.55. The van der Waals surface area contributed by atoms with E-state index in [2.05, 4.69) is 24.2 Å². The van der Waals surface area contributed by atoms with Crippen LogP contribution in [0.3, 0.4) is 0 Å². The van der Waals surface area contributed by atoms with Crippen molar-refractivity contribution in [2.75, 3.05) is 20.1 Å². The Hall–Kier alpha value is -0.610. The monoisotopic (exact) mass is 227 g/mol. The lowest BCUT2D eigenvalue weighted by atomic mass is 9.99. The minimum absolute atomic E-state index is 0.0152. The fraction of sp³-hybridized carbons (Fsp3) is 0.917. The van der Waals surface area contributed by atoms with E-state index in [1.165, 1.54) is 12.8 Å². The highest BCUT2D eigenvalue weighted by Crippen LogP contribution is 2.24. The number of nitrogens with two attached hydrogens (primary N) is 1. The van der Waals surface area contributed by atoms with Crippen molar-refractivity contribution in [3.05, 3.63) is 0 Å². The topological polar surface area (TPSA) is 58.4 Å². The van der Waals surface area contributed by atoms with Crippen molar-refractivity contribution in [3.8, 4) is 0 Å². The van der Waals surface area contributed by atoms with Gasteiger partial charge in [0.1, 0.15) is 0 Å². The minimum Gasteiger partial charge on any atom is -0.353 e. The highest BCUT2D eigenvalue weighted by atomic mass is 16.2. The highest BCUT2D eigenvalue weighted by Gasteiger charge is 2.25. The van der Waals surface area contributed by atoms with Gasteiger partial charge < -0.3 is 16.0 Å². The maximum absolute atomic E-state index is 11.7. The summed E-state index contributed by atoms with van der Waals surface area (Å²) in [6, 6.07) is 0.386. The van der Waals surface area contributed by atoms with Gasteiger partial charge in [0, 0.05) is 19.1 Å². The second-order valence-electron chi connectivity index (χ2n) is 4.91. The van der Waals surface area contributed by atoms with Gasteiger partial charge in [-0.2, -0.15) is 0 Å². The quantitative estimate of drug-likeness (QED) is 0.668. The van der Waals surface area contributed by atoms with Crippen LogP contribution in [0.5, 0.6) is 0 Å². The second kappa shape index (κ2) is 6.21. The van der Waals surface area contributed by atoms with Gasteiger partial charge in [0.05, 0.1) is 6.04 Å². The Balaban J connectivity index is 2.13. The average Bonchev–Trinajstić information content (AvgIpc) is 3.10. The number of carbonyl (C=O) groups excluding carboxylic acids is 1. The molecule has 2 atom stereocenters. The summed E-state index contributed by atoms with van der Waals surface area (Å²) in [4.78, 5) is 14.0. The van der Waals surface area contributed by atoms with Crippen LogP contribution >= 0.6 is 0 Å². The summed E-state index contributed by atoms with van der Waals surface area (Å²) in [5.74, 6) is 0.236. The first-order chi connectivity index (χ1) is 7.56. The van der Waals surface area contributed by atoms with Crippen LogP contribution in [-0.2, 0) is 4.79 Å². The Bertz CT molecular complexity index is 228. The lowest BCUT2D eigenvalue weighted by Crippen LogP contribution is -2.46. The third-order valence-corrected chi connectivity index (χ3v) is 3.49. The molecule has 0 bridgehead atoms. The molecule has 1 saturated carbocycles. The Morgan fingerprint density at radius 2 is 2.19 bits per heavy atom. The van der Waals surface area contributed by atoms with Crippen LogP contribution in [0, 0.1) is 5.92 Å². The van der Waals surface area contributed by atoms with Crippen LogP contribution < -0.4 is 11.1 Å². The molecule has 0 aromatic heterocycles. The number of likely N-dealkylation sites (N-methyl/N-ethyl adjacent to an activating group) is 1. The molecule has 2 unspecified atom stereocenters. The van der Waals surface area contributed by atoms with Crippen LogP contribution in [0.1, 0.15) is 33.1 Å². The third-order valence-electron chi connectivity index (χ3n) is 3.49. The standard InChI is InChI=1S/C12H25N3O/c1-4-9(2)11(13)12(16)14-7-8-15(3)10-5-6-10/h9-11H,4-8,13H2,1-3H3,(H,14,16). The van der Waals surface area contributed by atoms with Gasteiger partial charge in [0.25, 0.3) is 0 Å². The summed E-state index contributed by atoms with van der Waals surface area (Å²) in [5.41, 5.74) is 5.83. The molecule has 16 heavy (non-hydrogen) atoms. The first-order valence-electron chi connectivity index (χ1n) is 6.29. The molecule has 1 aliphatic carbocycles. The van der Waals surface area contributed by atoms with Crippen molar-refractivity contribution in [2.24, 2.45) is 11.7 Å². The Labute approximate surface area is 98.6 Å². The van der Waals surface area contributed by atoms with Gasteiger partial charge in [-0.1, -0.05) is 20.3 Å². The largest absolute Gasteiger partial charge is 0.353 e. The summed E-state index contributed by atoms with van der Waals surface area (Å²) >= 11 is 0. The molecule has 3 N–H and O–H groups in total. The maximum atomic E-state index is 11.7. The first kappa shape index (κ1) is 13.5. The SMILES string of the molecule is CCC(C)C(N)C(=O)NCCN(C)C1CC1. The first-order valence-corrected chi connectivity index (χ1v) is 6.29. The summed E-state index contributed by atoms with van der Waals surface area (Å²) in [5, 5.41) is 2.91. The third kappa shape index (κ3) is 4.10. The molecule has 0 heterocycles. The number of nitrogens with zero attached hydrogens (tertiary/aromatic N) is 1. The van der Waals surface area contributed by atoms with E-state index >= 15 is 0 Å². The van der Waals surface area contributed by atoms with E-state index < -0.39 is 0 Å². The minimum atomic E-state index is -0.365. The van der Waals surface area contributed by atoms with Crippen LogP contribution in [0.15, 0.2) is 0 Å². The molecule has 0 radical (unpaired) electrons. The smallest absolute Gasteiger partial charge is 0.237 e. The molecule has 94 valence electrons. The van der Waals surface area contributed by atoms with Crippen LogP contribution in [0.25, 0.3) is 0 Å². The predicted octanol–water partition coefficient (Wildman–Crippen LogP) is 0.570. The van der Waals surface area contributed by atoms with Crippen LogP contribution in [0.4, 0.5) is 0 Å². The summed E-state index contributed by atoms with van der Waals surface area (Å²) < 4.78 is 0. The molecular weight excluding hydrogens is 202 g/mol. The molecule has 1 fully saturated rings. The van der Waals surface area contributed by atoms with Gasteiger partial charge in [-0.25, -0.2) is 0 Å². The lowest BCUT2D eigenvalue weighted by molar-refractivity contribution is -0.123. The summed E-state index contributed by atoms with van der Waals surface area (Å²) in [7, 11) is 2.11. The van der Waals surface area contributed by atoms with E-state index in [1.807, 2.05) is 6.92 Å². The molecule has 0 spiro atoms. The molecule has 0 aliphatic heterocycles. The van der Waals surface area contributed by atoms with E-state index in [0.29, 0.717) is 6.54 Å². The van der Waals surface area contributed by atoms with Crippen LogP contribution in [-0.4, -0.2) is 43.0 Å². The molecule has 0 aromatic carbocycles. The fourth-order valence-electron chi connectivity index (χ4n) is 1.68. The van der Waals surface area contributed by atoms with Crippen molar-refractivity contribution < 1.29 is 4.79 Å². The number of hydrogen-bond donors (Lipinski definition) is 2. The second-order valence-corrected chi connectivity index (χ2v) is 4.91. The predicted molar refractivity (Wildman–Crippen MR) is 66.1 cm³/mol. The zero-order chi connectivity index (χ0) is 12.1. The highest BCUT2D eigenvalue weighted by molar-refractivity contribution is 5.81. The average molecular weight is 227 g/mol. The number of hydrogen-bond acceptors (Lipinski definition) is 3. The van der Waals surface area contributed by atoms with Crippen molar-refractivity contribution in [1.29, 1.82) is 0 Å². The number of amides is 1. The zero-order valence-electron chi connectivity index (χ0n) is 10.7. The Kier molecular flexibility index (Phi) is 5.22. The van der Waals surface area contributed by atoms with E-state index in [9.17, 15) is 4.79 Å². The van der Waals surface area contributed by atoms with Crippen molar-refractivity contribution in [2.45, 2.75) is 45.2 Å². The van der Waals surface area contributed by atoms with Gasteiger partial charge >= 0.3 is 0 Å². The Morgan fingerprint density at radius 3 is 2.69 bits per heavy atom. The molecule has 0 saturated heterocycles. The molecular formula is C12H25N3O. The number of rotatable bonds is 7. The van der Waals surface area contributed by atoms with E-state index in [1.54, 1.807) is 0 Å². The fourth-order valence-corrected chi connectivity index (χ4v) is 1.68. The van der Waals surface area contributed by atoms with E-state index in [0.717, 1.165) is 19.0 Å². The van der Waals surface area contributed by atoms with Crippen molar-refractivity contribution in [1.82, 2.24) is 10.2 Å². The molecule has 1 amide bonds. The number of nitrogens with one attached hydrogen (secondary N) is 1. The van der Waals surface area contributed by atoms with Gasteiger partial charge in [-0.15, -0.1) is 0 Å². The molecule has 4 heteroatoms. The maximum Gasteiger partial charge on any atom is 0.237 e. The zero-order valence-corrected chi connectivity index (χ0v) is 10.7. The number of carbonyl (C=O) groups is 1. The molecule has 4 nitrogen and oxygen atoms in total. The van der Waals surface area contributed by atoms with E-state index in [4.69, 9.17) is 5.73 Å². The van der Waals surface area contributed by atoms with Crippen molar-refractivity contribution >= 4 is 5.91 Å². The summed E-state index contributed by atoms with van der Waals surface area (Å²) in [6.45, 7) is 5.69. The molecule has 1 aliphatic rings. The lowest BCUT2D eigenvalue weighted by Gasteiger charge is -2.20. The van der Waals surface area contributed by atoms with Gasteiger partial charge in [0.15, 0.2) is 0 Å². The normalized spacial score (nSPS) is 19.6. The molecule has 0 aromatic rings. The van der Waals surface area contributed by atoms with Gasteiger partial charge in [-0.3, -0.25) is 4.79 Å².